The first-order valence-corrected chi connectivity index (χ1v) is 10.7. The summed E-state index contributed by atoms with van der Waals surface area (Å²) in [5.74, 6) is 0.177. The van der Waals surface area contributed by atoms with Gasteiger partial charge in [0.05, 0.1) is 6.10 Å². The fourth-order valence-corrected chi connectivity index (χ4v) is 4.52. The predicted molar refractivity (Wildman–Crippen MR) is 107 cm³/mol. The second-order valence-corrected chi connectivity index (χ2v) is 8.26. The van der Waals surface area contributed by atoms with Gasteiger partial charge in [-0.3, -0.25) is 14.6 Å². The van der Waals surface area contributed by atoms with Crippen LogP contribution >= 0.6 is 0 Å². The van der Waals surface area contributed by atoms with Crippen LogP contribution in [0.4, 0.5) is 0 Å². The van der Waals surface area contributed by atoms with E-state index in [0.717, 1.165) is 51.4 Å². The Bertz CT molecular complexity index is 598. The molecule has 1 aromatic carbocycles. The number of ether oxygens (including phenoxy) is 1. The maximum Gasteiger partial charge on any atom is 0.253 e. The number of carbonyl (C=O) groups is 1. The van der Waals surface area contributed by atoms with Crippen LogP contribution in [0, 0.1) is 0 Å². The minimum atomic E-state index is 0.177. The fraction of sp³-hybridized carbons (Fsp3) is 0.682. The average molecular weight is 372 g/mol. The van der Waals surface area contributed by atoms with E-state index < -0.39 is 0 Å². The molecule has 0 N–H and O–H groups in total. The molecule has 1 amide bonds. The Morgan fingerprint density at radius 2 is 1.63 bits per heavy atom. The summed E-state index contributed by atoms with van der Waals surface area (Å²) >= 11 is 0. The first-order valence-electron chi connectivity index (χ1n) is 10.7. The zero-order chi connectivity index (χ0) is 18.5. The molecule has 1 unspecified atom stereocenters. The number of piperazine rings is 1. The first kappa shape index (κ1) is 18.9. The highest BCUT2D eigenvalue weighted by molar-refractivity contribution is 5.94. The summed E-state index contributed by atoms with van der Waals surface area (Å²) in [7, 11) is 0. The molecule has 0 aromatic heterocycles. The Labute approximate surface area is 163 Å². The summed E-state index contributed by atoms with van der Waals surface area (Å²) in [5, 5.41) is 0. The van der Waals surface area contributed by atoms with Crippen molar-refractivity contribution in [2.45, 2.75) is 44.8 Å². The van der Waals surface area contributed by atoms with Gasteiger partial charge in [-0.1, -0.05) is 18.6 Å². The van der Waals surface area contributed by atoms with E-state index in [-0.39, 0.29) is 5.91 Å². The number of amides is 1. The van der Waals surface area contributed by atoms with E-state index in [4.69, 9.17) is 4.74 Å². The lowest BCUT2D eigenvalue weighted by molar-refractivity contribution is 0.0432. The Balaban J connectivity index is 1.25. The summed E-state index contributed by atoms with van der Waals surface area (Å²) in [4.78, 5) is 19.8. The summed E-state index contributed by atoms with van der Waals surface area (Å²) < 4.78 is 5.74. The molecular weight excluding hydrogens is 338 g/mol. The lowest BCUT2D eigenvalue weighted by atomic mass is 10.1. The van der Waals surface area contributed by atoms with Crippen LogP contribution in [-0.4, -0.2) is 79.1 Å². The molecule has 3 aliphatic heterocycles. The zero-order valence-electron chi connectivity index (χ0n) is 16.4. The fourth-order valence-electron chi connectivity index (χ4n) is 4.52. The molecule has 0 spiro atoms. The van der Waals surface area contributed by atoms with Gasteiger partial charge in [-0.15, -0.1) is 0 Å². The third-order valence-corrected chi connectivity index (χ3v) is 6.20. The van der Waals surface area contributed by atoms with Crippen LogP contribution in [0.2, 0.25) is 0 Å². The maximum atomic E-state index is 12.8. The molecule has 0 bridgehead atoms. The minimum Gasteiger partial charge on any atom is -0.377 e. The highest BCUT2D eigenvalue weighted by Crippen LogP contribution is 2.17. The molecule has 5 heteroatoms. The molecule has 1 atom stereocenters. The van der Waals surface area contributed by atoms with Crippen molar-refractivity contribution >= 4 is 5.91 Å². The number of rotatable bonds is 5. The average Bonchev–Trinajstić information content (AvgIpc) is 3.22. The van der Waals surface area contributed by atoms with Gasteiger partial charge in [-0.05, 0) is 56.5 Å². The third kappa shape index (κ3) is 5.09. The number of likely N-dealkylation sites (tertiary alicyclic amines) is 1. The van der Waals surface area contributed by atoms with Gasteiger partial charge in [0.1, 0.15) is 0 Å². The van der Waals surface area contributed by atoms with Gasteiger partial charge >= 0.3 is 0 Å². The molecule has 5 nitrogen and oxygen atoms in total. The van der Waals surface area contributed by atoms with Crippen LogP contribution in [0.3, 0.4) is 0 Å². The highest BCUT2D eigenvalue weighted by atomic mass is 16.5. The standard InChI is InChI=1S/C22H33N3O2/c26-22(25-14-12-24(13-15-25)18-21-5-4-16-27-21)20-8-6-19(7-9-20)17-23-10-2-1-3-11-23/h6-9,21H,1-5,10-18H2. The monoisotopic (exact) mass is 371 g/mol. The molecule has 1 aromatic rings. The van der Waals surface area contributed by atoms with Gasteiger partial charge in [0.25, 0.3) is 5.91 Å². The van der Waals surface area contributed by atoms with Gasteiger partial charge in [-0.25, -0.2) is 0 Å². The Morgan fingerprint density at radius 3 is 2.30 bits per heavy atom. The predicted octanol–water partition coefficient (Wildman–Crippen LogP) is 2.61. The SMILES string of the molecule is O=C(c1ccc(CN2CCCCC2)cc1)N1CCN(CC2CCCO2)CC1. The number of carbonyl (C=O) groups excluding carboxylic acids is 1. The van der Waals surface area contributed by atoms with E-state index in [0.29, 0.717) is 6.10 Å². The van der Waals surface area contributed by atoms with E-state index in [1.807, 2.05) is 17.0 Å². The highest BCUT2D eigenvalue weighted by Gasteiger charge is 2.25. The topological polar surface area (TPSA) is 36.0 Å². The van der Waals surface area contributed by atoms with Crippen molar-refractivity contribution in [3.63, 3.8) is 0 Å². The van der Waals surface area contributed by atoms with Crippen LogP contribution in [-0.2, 0) is 11.3 Å². The minimum absolute atomic E-state index is 0.177. The molecule has 0 aliphatic carbocycles. The number of piperidine rings is 1. The van der Waals surface area contributed by atoms with Crippen molar-refractivity contribution in [3.8, 4) is 0 Å². The quantitative estimate of drug-likeness (QED) is 0.797. The van der Waals surface area contributed by atoms with E-state index in [2.05, 4.69) is 21.9 Å². The molecule has 148 valence electrons. The molecule has 3 aliphatic rings. The van der Waals surface area contributed by atoms with Gasteiger partial charge in [0.15, 0.2) is 0 Å². The van der Waals surface area contributed by atoms with Crippen molar-refractivity contribution in [1.29, 1.82) is 0 Å². The lowest BCUT2D eigenvalue weighted by Gasteiger charge is -2.35. The lowest BCUT2D eigenvalue weighted by Crippen LogP contribution is -2.50. The molecule has 0 radical (unpaired) electrons. The van der Waals surface area contributed by atoms with Crippen molar-refractivity contribution in [2.24, 2.45) is 0 Å². The second-order valence-electron chi connectivity index (χ2n) is 8.26. The molecular formula is C22H33N3O2. The van der Waals surface area contributed by atoms with Gasteiger partial charge in [0, 0.05) is 51.4 Å². The van der Waals surface area contributed by atoms with E-state index in [9.17, 15) is 4.79 Å². The summed E-state index contributed by atoms with van der Waals surface area (Å²) in [6.45, 7) is 8.91. The van der Waals surface area contributed by atoms with Crippen molar-refractivity contribution in [2.75, 3.05) is 52.4 Å². The van der Waals surface area contributed by atoms with Crippen LogP contribution in [0.25, 0.3) is 0 Å². The number of nitrogens with zero attached hydrogens (tertiary/aromatic N) is 3. The van der Waals surface area contributed by atoms with E-state index in [1.54, 1.807) is 0 Å². The van der Waals surface area contributed by atoms with Gasteiger partial charge < -0.3 is 9.64 Å². The molecule has 0 saturated carbocycles. The maximum absolute atomic E-state index is 12.8. The first-order chi connectivity index (χ1) is 13.3. The molecule has 3 fully saturated rings. The summed E-state index contributed by atoms with van der Waals surface area (Å²) in [6, 6.07) is 8.30. The van der Waals surface area contributed by atoms with Crippen molar-refractivity contribution in [1.82, 2.24) is 14.7 Å². The number of hydrogen-bond donors (Lipinski definition) is 0. The van der Waals surface area contributed by atoms with Crippen molar-refractivity contribution < 1.29 is 9.53 Å². The van der Waals surface area contributed by atoms with Crippen LogP contribution in [0.5, 0.6) is 0 Å². The summed E-state index contributed by atoms with van der Waals surface area (Å²) in [5.41, 5.74) is 2.14. The summed E-state index contributed by atoms with van der Waals surface area (Å²) in [6.07, 6.45) is 6.77. The van der Waals surface area contributed by atoms with Crippen molar-refractivity contribution in [3.05, 3.63) is 35.4 Å². The third-order valence-electron chi connectivity index (χ3n) is 6.20. The Hall–Kier alpha value is -1.43. The molecule has 27 heavy (non-hydrogen) atoms. The van der Waals surface area contributed by atoms with Crippen LogP contribution in [0.15, 0.2) is 24.3 Å². The van der Waals surface area contributed by atoms with Gasteiger partial charge in [0.2, 0.25) is 0 Å². The Kier molecular flexibility index (Phi) is 6.43. The normalized spacial score (nSPS) is 25.0. The second kappa shape index (κ2) is 9.18. The molecule has 3 saturated heterocycles. The molecule has 3 heterocycles. The van der Waals surface area contributed by atoms with Crippen LogP contribution in [0.1, 0.15) is 48.0 Å². The van der Waals surface area contributed by atoms with E-state index in [1.165, 1.54) is 50.8 Å². The van der Waals surface area contributed by atoms with E-state index >= 15 is 0 Å². The molecule has 4 rings (SSSR count). The number of benzene rings is 1. The number of hydrogen-bond acceptors (Lipinski definition) is 4. The Morgan fingerprint density at radius 1 is 0.889 bits per heavy atom. The zero-order valence-corrected chi connectivity index (χ0v) is 16.4. The van der Waals surface area contributed by atoms with Gasteiger partial charge in [-0.2, -0.15) is 0 Å². The van der Waals surface area contributed by atoms with Crippen LogP contribution < -0.4 is 0 Å². The smallest absolute Gasteiger partial charge is 0.253 e. The largest absolute Gasteiger partial charge is 0.377 e.